The van der Waals surface area contributed by atoms with Crippen molar-refractivity contribution in [3.8, 4) is 0 Å². The van der Waals surface area contributed by atoms with Crippen LogP contribution in [0.15, 0.2) is 12.4 Å². The van der Waals surface area contributed by atoms with E-state index < -0.39 is 0 Å². The molecule has 5 heteroatoms. The van der Waals surface area contributed by atoms with Crippen LogP contribution in [0.1, 0.15) is 12.8 Å². The number of rotatable bonds is 9. The molecule has 0 atom stereocenters. The maximum absolute atomic E-state index is 5.03. The smallest absolute Gasteiger partial charge is 0.202 e. The van der Waals surface area contributed by atoms with Crippen molar-refractivity contribution in [1.29, 1.82) is 0 Å². The highest BCUT2D eigenvalue weighted by molar-refractivity contribution is 5.25. The Morgan fingerprint density at radius 3 is 2.81 bits per heavy atom. The molecule has 0 saturated heterocycles. The Morgan fingerprint density at radius 1 is 1.25 bits per heavy atom. The van der Waals surface area contributed by atoms with Crippen molar-refractivity contribution in [3.63, 3.8) is 0 Å². The standard InChI is InChI=1S/C11H21N3O2/c1-15-9-4-3-5-12-11-13-6-7-14(11)8-10-16-2/h6-7H,3-5,8-10H2,1-2H3,(H,12,13). The summed E-state index contributed by atoms with van der Waals surface area (Å²) in [7, 11) is 3.43. The summed E-state index contributed by atoms with van der Waals surface area (Å²) in [6.45, 7) is 3.28. The minimum absolute atomic E-state index is 0.703. The van der Waals surface area contributed by atoms with Gasteiger partial charge in [-0.25, -0.2) is 4.98 Å². The van der Waals surface area contributed by atoms with E-state index in [0.717, 1.165) is 38.5 Å². The molecule has 0 spiro atoms. The highest BCUT2D eigenvalue weighted by Gasteiger charge is 2.00. The second kappa shape index (κ2) is 8.13. The average Bonchev–Trinajstić information content (AvgIpc) is 2.74. The number of hydrogen-bond acceptors (Lipinski definition) is 4. The van der Waals surface area contributed by atoms with E-state index in [1.165, 1.54) is 0 Å². The zero-order valence-corrected chi connectivity index (χ0v) is 10.1. The lowest BCUT2D eigenvalue weighted by Gasteiger charge is -2.09. The van der Waals surface area contributed by atoms with Gasteiger partial charge in [0, 0.05) is 46.3 Å². The van der Waals surface area contributed by atoms with Crippen LogP contribution in [0.25, 0.3) is 0 Å². The molecule has 0 aliphatic heterocycles. The Bertz CT molecular complexity index is 276. The van der Waals surface area contributed by atoms with Crippen LogP contribution in [0.3, 0.4) is 0 Å². The first-order valence-electron chi connectivity index (χ1n) is 5.61. The molecule has 0 radical (unpaired) electrons. The normalized spacial score (nSPS) is 10.6. The summed E-state index contributed by atoms with van der Waals surface area (Å²) < 4.78 is 12.1. The number of nitrogens with one attached hydrogen (secondary N) is 1. The van der Waals surface area contributed by atoms with Crippen molar-refractivity contribution in [2.24, 2.45) is 0 Å². The fourth-order valence-electron chi connectivity index (χ4n) is 1.42. The van der Waals surface area contributed by atoms with Gasteiger partial charge in [-0.2, -0.15) is 0 Å². The lowest BCUT2D eigenvalue weighted by molar-refractivity contribution is 0.187. The topological polar surface area (TPSA) is 48.3 Å². The molecule has 0 aliphatic rings. The first-order chi connectivity index (χ1) is 7.88. The van der Waals surface area contributed by atoms with Gasteiger partial charge in [0.15, 0.2) is 0 Å². The lowest BCUT2D eigenvalue weighted by Crippen LogP contribution is -2.11. The van der Waals surface area contributed by atoms with Gasteiger partial charge in [0.2, 0.25) is 5.95 Å². The Kier molecular flexibility index (Phi) is 6.60. The number of anilines is 1. The summed E-state index contributed by atoms with van der Waals surface area (Å²) in [6, 6.07) is 0. The Hall–Kier alpha value is -1.07. The average molecular weight is 227 g/mol. The molecule has 5 nitrogen and oxygen atoms in total. The summed E-state index contributed by atoms with van der Waals surface area (Å²) in [4.78, 5) is 4.25. The van der Waals surface area contributed by atoms with Crippen molar-refractivity contribution in [2.45, 2.75) is 19.4 Å². The summed E-state index contributed by atoms with van der Waals surface area (Å²) in [5.41, 5.74) is 0. The highest BCUT2D eigenvalue weighted by atomic mass is 16.5. The van der Waals surface area contributed by atoms with E-state index in [1.54, 1.807) is 20.4 Å². The molecule has 1 N–H and O–H groups in total. The third-order valence-electron chi connectivity index (χ3n) is 2.31. The zero-order chi connectivity index (χ0) is 11.6. The first kappa shape index (κ1) is 13.0. The fourth-order valence-corrected chi connectivity index (χ4v) is 1.42. The van der Waals surface area contributed by atoms with Gasteiger partial charge < -0.3 is 19.4 Å². The molecule has 0 aliphatic carbocycles. The molecular formula is C11H21N3O2. The number of methoxy groups -OCH3 is 2. The maximum Gasteiger partial charge on any atom is 0.202 e. The van der Waals surface area contributed by atoms with Crippen molar-refractivity contribution >= 4 is 5.95 Å². The van der Waals surface area contributed by atoms with Crippen LogP contribution in [-0.4, -0.2) is 43.5 Å². The van der Waals surface area contributed by atoms with Gasteiger partial charge in [0.25, 0.3) is 0 Å². The number of unbranched alkanes of at least 4 members (excludes halogenated alkanes) is 1. The van der Waals surface area contributed by atoms with Gasteiger partial charge in [-0.05, 0) is 12.8 Å². The number of imidazole rings is 1. The van der Waals surface area contributed by atoms with Gasteiger partial charge in [-0.1, -0.05) is 0 Å². The van der Waals surface area contributed by atoms with Crippen LogP contribution in [0.4, 0.5) is 5.95 Å². The Labute approximate surface area is 96.8 Å². The van der Waals surface area contributed by atoms with Gasteiger partial charge in [0.05, 0.1) is 6.61 Å². The number of hydrogen-bond donors (Lipinski definition) is 1. The van der Waals surface area contributed by atoms with Crippen molar-refractivity contribution in [2.75, 3.05) is 39.3 Å². The molecule has 1 aromatic heterocycles. The van der Waals surface area contributed by atoms with Crippen molar-refractivity contribution in [1.82, 2.24) is 9.55 Å². The molecule has 0 fully saturated rings. The molecule has 0 aromatic carbocycles. The van der Waals surface area contributed by atoms with Crippen LogP contribution in [-0.2, 0) is 16.0 Å². The summed E-state index contributed by atoms with van der Waals surface area (Å²) in [5, 5.41) is 3.30. The molecule has 1 aromatic rings. The van der Waals surface area contributed by atoms with E-state index in [9.17, 15) is 0 Å². The maximum atomic E-state index is 5.03. The zero-order valence-electron chi connectivity index (χ0n) is 10.1. The number of ether oxygens (including phenoxy) is 2. The fraction of sp³-hybridized carbons (Fsp3) is 0.727. The highest BCUT2D eigenvalue weighted by Crippen LogP contribution is 2.04. The molecule has 0 saturated carbocycles. The van der Waals surface area contributed by atoms with E-state index in [1.807, 2.05) is 6.20 Å². The minimum atomic E-state index is 0.703. The lowest BCUT2D eigenvalue weighted by atomic mass is 10.3. The van der Waals surface area contributed by atoms with E-state index in [4.69, 9.17) is 9.47 Å². The molecule has 0 bridgehead atoms. The molecule has 16 heavy (non-hydrogen) atoms. The van der Waals surface area contributed by atoms with E-state index in [-0.39, 0.29) is 0 Å². The third-order valence-corrected chi connectivity index (χ3v) is 2.31. The minimum Gasteiger partial charge on any atom is -0.385 e. The summed E-state index contributed by atoms with van der Waals surface area (Å²) >= 11 is 0. The SMILES string of the molecule is COCCCCNc1nccn1CCOC. The molecule has 1 rings (SSSR count). The predicted octanol–water partition coefficient (Wildman–Crippen LogP) is 1.37. The van der Waals surface area contributed by atoms with Crippen LogP contribution >= 0.6 is 0 Å². The van der Waals surface area contributed by atoms with Crippen LogP contribution < -0.4 is 5.32 Å². The Balaban J connectivity index is 2.22. The van der Waals surface area contributed by atoms with E-state index in [2.05, 4.69) is 14.9 Å². The van der Waals surface area contributed by atoms with Crippen molar-refractivity contribution in [3.05, 3.63) is 12.4 Å². The molecule has 92 valence electrons. The van der Waals surface area contributed by atoms with Gasteiger partial charge in [-0.3, -0.25) is 0 Å². The summed E-state index contributed by atoms with van der Waals surface area (Å²) in [5.74, 6) is 0.912. The van der Waals surface area contributed by atoms with Gasteiger partial charge >= 0.3 is 0 Å². The van der Waals surface area contributed by atoms with Crippen LogP contribution in [0.2, 0.25) is 0 Å². The first-order valence-corrected chi connectivity index (χ1v) is 5.61. The number of aromatic nitrogens is 2. The van der Waals surface area contributed by atoms with E-state index >= 15 is 0 Å². The predicted molar refractivity (Wildman–Crippen MR) is 63.7 cm³/mol. The largest absolute Gasteiger partial charge is 0.385 e. The molecule has 0 unspecified atom stereocenters. The summed E-state index contributed by atoms with van der Waals surface area (Å²) in [6.07, 6.45) is 5.91. The van der Waals surface area contributed by atoms with Crippen LogP contribution in [0, 0.1) is 0 Å². The van der Waals surface area contributed by atoms with E-state index in [0.29, 0.717) is 6.61 Å². The van der Waals surface area contributed by atoms with Gasteiger partial charge in [-0.15, -0.1) is 0 Å². The van der Waals surface area contributed by atoms with Crippen molar-refractivity contribution < 1.29 is 9.47 Å². The monoisotopic (exact) mass is 227 g/mol. The van der Waals surface area contributed by atoms with Gasteiger partial charge in [0.1, 0.15) is 0 Å². The molecule has 1 heterocycles. The van der Waals surface area contributed by atoms with Crippen LogP contribution in [0.5, 0.6) is 0 Å². The quantitative estimate of drug-likeness (QED) is 0.647. The molecule has 0 amide bonds. The third kappa shape index (κ3) is 4.63. The number of nitrogens with zero attached hydrogens (tertiary/aromatic N) is 2. The molecular weight excluding hydrogens is 206 g/mol. The second-order valence-electron chi connectivity index (χ2n) is 3.56. The Morgan fingerprint density at radius 2 is 2.06 bits per heavy atom. The second-order valence-corrected chi connectivity index (χ2v) is 3.56.